The first-order valence-corrected chi connectivity index (χ1v) is 8.76. The highest BCUT2D eigenvalue weighted by Gasteiger charge is 2.73. The number of fused-ring (bicyclic) bond motifs is 6. The normalized spacial score (nSPS) is 54.3. The zero-order valence-corrected chi connectivity index (χ0v) is 14.8. The van der Waals surface area contributed by atoms with E-state index in [4.69, 9.17) is 4.74 Å². The summed E-state index contributed by atoms with van der Waals surface area (Å²) in [5, 5.41) is 32.2. The summed E-state index contributed by atoms with van der Waals surface area (Å²) in [5.74, 6) is -2.36. The van der Waals surface area contributed by atoms with Crippen LogP contribution in [0.15, 0.2) is 23.3 Å². The number of aliphatic hydroxyl groups excluding tert-OH is 3. The molecule has 0 unspecified atom stereocenters. The molecule has 2 bridgehead atoms. The molecule has 2 fully saturated rings. The van der Waals surface area contributed by atoms with Crippen LogP contribution in [0, 0.1) is 28.6 Å². The van der Waals surface area contributed by atoms with E-state index in [9.17, 15) is 24.9 Å². The van der Waals surface area contributed by atoms with Gasteiger partial charge in [0.1, 0.15) is 6.10 Å². The third-order valence-electron chi connectivity index (χ3n) is 7.34. The standard InChI is InChI=1S/C19H24O6/c1-7-5-10(20)16(23)18(3)9(7)6-11(21)19(4)12-8(2)14(25-17(12)24)13(22)15(18)19/h5-6,8,10,12-16,20,22-23H,1-4H3/t8-,10+,12-,13+,14-,15-,16-,18+,19+/m0/s1. The molecule has 0 radical (unpaired) electrons. The molecule has 1 heterocycles. The first kappa shape index (κ1) is 16.9. The van der Waals surface area contributed by atoms with Crippen molar-refractivity contribution in [3.63, 3.8) is 0 Å². The van der Waals surface area contributed by atoms with Gasteiger partial charge in [0.15, 0.2) is 5.78 Å². The third kappa shape index (κ3) is 1.70. The maximum Gasteiger partial charge on any atom is 0.310 e. The van der Waals surface area contributed by atoms with Crippen molar-refractivity contribution in [2.45, 2.75) is 52.1 Å². The van der Waals surface area contributed by atoms with Gasteiger partial charge in [0.25, 0.3) is 0 Å². The molecule has 0 aromatic rings. The minimum absolute atomic E-state index is 0.227. The van der Waals surface area contributed by atoms with Gasteiger partial charge in [-0.2, -0.15) is 0 Å². The van der Waals surface area contributed by atoms with E-state index in [-0.39, 0.29) is 11.7 Å². The number of hydrogen-bond donors (Lipinski definition) is 3. The third-order valence-corrected chi connectivity index (χ3v) is 7.34. The summed E-state index contributed by atoms with van der Waals surface area (Å²) in [6.07, 6.45) is -1.05. The molecule has 6 heteroatoms. The van der Waals surface area contributed by atoms with Crippen LogP contribution in [0.5, 0.6) is 0 Å². The van der Waals surface area contributed by atoms with Gasteiger partial charge in [0.05, 0.1) is 29.6 Å². The number of esters is 1. The summed E-state index contributed by atoms with van der Waals surface area (Å²) in [6, 6.07) is 0. The first-order valence-electron chi connectivity index (χ1n) is 8.76. The SMILES string of the molecule is CC1=C[C@@H](O)[C@H](O)[C@]2(C)C1=CC(=O)[C@@]1(C)[C@H]2[C@H](O)[C@H]2OC(=O)[C@@H]1[C@@H]2C. The quantitative estimate of drug-likeness (QED) is 0.546. The molecule has 1 saturated heterocycles. The Bertz CT molecular complexity index is 738. The van der Waals surface area contributed by atoms with Crippen molar-refractivity contribution >= 4 is 11.8 Å². The first-order chi connectivity index (χ1) is 11.6. The van der Waals surface area contributed by atoms with Crippen molar-refractivity contribution in [3.05, 3.63) is 23.3 Å². The van der Waals surface area contributed by atoms with Crippen LogP contribution in [0.3, 0.4) is 0 Å². The Morgan fingerprint density at radius 2 is 1.76 bits per heavy atom. The van der Waals surface area contributed by atoms with Gasteiger partial charge in [-0.3, -0.25) is 9.59 Å². The minimum atomic E-state index is -1.18. The molecule has 1 aliphatic heterocycles. The lowest BCUT2D eigenvalue weighted by atomic mass is 9.42. The lowest BCUT2D eigenvalue weighted by Crippen LogP contribution is -2.67. The Morgan fingerprint density at radius 3 is 2.40 bits per heavy atom. The maximum absolute atomic E-state index is 13.1. The molecule has 6 nitrogen and oxygen atoms in total. The van der Waals surface area contributed by atoms with E-state index >= 15 is 0 Å². The van der Waals surface area contributed by atoms with Crippen LogP contribution >= 0.6 is 0 Å². The van der Waals surface area contributed by atoms with Crippen molar-refractivity contribution in [2.24, 2.45) is 28.6 Å². The summed E-state index contributed by atoms with van der Waals surface area (Å²) >= 11 is 0. The van der Waals surface area contributed by atoms with Crippen molar-refractivity contribution < 1.29 is 29.6 Å². The molecule has 1 saturated carbocycles. The Morgan fingerprint density at radius 1 is 1.12 bits per heavy atom. The number of aliphatic hydroxyl groups is 3. The number of rotatable bonds is 0. The highest BCUT2D eigenvalue weighted by Crippen LogP contribution is 2.65. The maximum atomic E-state index is 13.1. The van der Waals surface area contributed by atoms with Crippen LogP contribution in [0.1, 0.15) is 27.7 Å². The zero-order chi connectivity index (χ0) is 18.5. The summed E-state index contributed by atoms with van der Waals surface area (Å²) in [7, 11) is 0. The largest absolute Gasteiger partial charge is 0.459 e. The van der Waals surface area contributed by atoms with Gasteiger partial charge in [-0.25, -0.2) is 0 Å². The van der Waals surface area contributed by atoms with Gasteiger partial charge in [-0.1, -0.05) is 26.8 Å². The molecule has 3 aliphatic carbocycles. The Hall–Kier alpha value is -1.50. The van der Waals surface area contributed by atoms with Crippen LogP contribution in [-0.2, 0) is 14.3 Å². The van der Waals surface area contributed by atoms with Gasteiger partial charge in [-0.15, -0.1) is 0 Å². The van der Waals surface area contributed by atoms with E-state index in [1.54, 1.807) is 20.8 Å². The monoisotopic (exact) mass is 348 g/mol. The zero-order valence-electron chi connectivity index (χ0n) is 14.8. The lowest BCUT2D eigenvalue weighted by Gasteiger charge is -2.60. The molecule has 0 amide bonds. The van der Waals surface area contributed by atoms with Crippen molar-refractivity contribution in [2.75, 3.05) is 0 Å². The molecule has 136 valence electrons. The number of hydrogen-bond acceptors (Lipinski definition) is 6. The molecule has 3 N–H and O–H groups in total. The molecule has 0 spiro atoms. The summed E-state index contributed by atoms with van der Waals surface area (Å²) in [4.78, 5) is 25.6. The second-order valence-electron chi connectivity index (χ2n) is 8.48. The van der Waals surface area contributed by atoms with Gasteiger partial charge < -0.3 is 20.1 Å². The van der Waals surface area contributed by atoms with Gasteiger partial charge in [0, 0.05) is 17.3 Å². The number of ketones is 1. The smallest absolute Gasteiger partial charge is 0.310 e. The van der Waals surface area contributed by atoms with E-state index in [2.05, 4.69) is 0 Å². The molecular formula is C19H24O6. The van der Waals surface area contributed by atoms with Crippen molar-refractivity contribution in [3.8, 4) is 0 Å². The number of carbonyl (C=O) groups is 2. The second-order valence-corrected chi connectivity index (χ2v) is 8.48. The van der Waals surface area contributed by atoms with Crippen LogP contribution in [-0.4, -0.2) is 51.5 Å². The molecule has 9 atom stereocenters. The average Bonchev–Trinajstić information content (AvgIpc) is 2.78. The predicted octanol–water partition coefficient (Wildman–Crippen LogP) is 0.358. The lowest BCUT2D eigenvalue weighted by molar-refractivity contribution is -0.183. The van der Waals surface area contributed by atoms with Gasteiger partial charge >= 0.3 is 5.97 Å². The molecular weight excluding hydrogens is 324 g/mol. The van der Waals surface area contributed by atoms with E-state index in [1.807, 2.05) is 6.92 Å². The molecule has 25 heavy (non-hydrogen) atoms. The van der Waals surface area contributed by atoms with Crippen LogP contribution in [0.2, 0.25) is 0 Å². The molecule has 4 aliphatic rings. The molecule has 4 rings (SSSR count). The van der Waals surface area contributed by atoms with Crippen LogP contribution in [0.4, 0.5) is 0 Å². The molecule has 0 aromatic heterocycles. The van der Waals surface area contributed by atoms with Crippen LogP contribution < -0.4 is 0 Å². The second kappa shape index (κ2) is 4.81. The topological polar surface area (TPSA) is 104 Å². The van der Waals surface area contributed by atoms with Crippen molar-refractivity contribution in [1.82, 2.24) is 0 Å². The fraction of sp³-hybridized carbons (Fsp3) is 0.684. The minimum Gasteiger partial charge on any atom is -0.459 e. The summed E-state index contributed by atoms with van der Waals surface area (Å²) in [6.45, 7) is 7.06. The number of allylic oxidation sites excluding steroid dienone is 2. The van der Waals surface area contributed by atoms with E-state index in [1.165, 1.54) is 12.2 Å². The fourth-order valence-corrected chi connectivity index (χ4v) is 6.20. The van der Waals surface area contributed by atoms with Crippen LogP contribution in [0.25, 0.3) is 0 Å². The number of ether oxygens (including phenoxy) is 1. The van der Waals surface area contributed by atoms with E-state index in [0.717, 1.165) is 0 Å². The molecule has 0 aromatic carbocycles. The summed E-state index contributed by atoms with van der Waals surface area (Å²) in [5.41, 5.74) is -0.899. The van der Waals surface area contributed by atoms with Gasteiger partial charge in [-0.05, 0) is 24.1 Å². The Balaban J connectivity index is 2.00. The highest BCUT2D eigenvalue weighted by molar-refractivity contribution is 6.01. The number of carbonyl (C=O) groups excluding carboxylic acids is 2. The Kier molecular flexibility index (Phi) is 3.26. The highest BCUT2D eigenvalue weighted by atomic mass is 16.6. The van der Waals surface area contributed by atoms with Crippen molar-refractivity contribution in [1.29, 1.82) is 0 Å². The van der Waals surface area contributed by atoms with Gasteiger partial charge in [0.2, 0.25) is 0 Å². The Labute approximate surface area is 146 Å². The average molecular weight is 348 g/mol. The fourth-order valence-electron chi connectivity index (χ4n) is 6.20. The summed E-state index contributed by atoms with van der Waals surface area (Å²) < 4.78 is 5.41. The van der Waals surface area contributed by atoms with E-state index < -0.39 is 53.1 Å². The van der Waals surface area contributed by atoms with E-state index in [0.29, 0.717) is 11.1 Å². The predicted molar refractivity (Wildman–Crippen MR) is 87.1 cm³/mol.